The predicted octanol–water partition coefficient (Wildman–Crippen LogP) is 3.70. The lowest BCUT2D eigenvalue weighted by atomic mass is 9.67. The molecule has 170 valence electrons. The highest BCUT2D eigenvalue weighted by molar-refractivity contribution is 7.14. The van der Waals surface area contributed by atoms with E-state index in [9.17, 15) is 14.4 Å². The van der Waals surface area contributed by atoms with Crippen LogP contribution in [0.15, 0.2) is 23.6 Å². The van der Waals surface area contributed by atoms with Gasteiger partial charge in [0.1, 0.15) is 17.3 Å². The maximum atomic E-state index is 12.5. The zero-order valence-corrected chi connectivity index (χ0v) is 18.9. The minimum atomic E-state index is -0.451. The van der Waals surface area contributed by atoms with Gasteiger partial charge in [0.2, 0.25) is 0 Å². The number of hydrogen-bond acceptors (Lipinski definition) is 8. The van der Waals surface area contributed by atoms with Gasteiger partial charge in [-0.25, -0.2) is 4.98 Å². The number of esters is 1. The van der Waals surface area contributed by atoms with Gasteiger partial charge in [-0.3, -0.25) is 19.7 Å². The zero-order valence-electron chi connectivity index (χ0n) is 18.1. The van der Waals surface area contributed by atoms with Crippen molar-refractivity contribution >= 4 is 34.1 Å². The highest BCUT2D eigenvalue weighted by Crippen LogP contribution is 2.40. The van der Waals surface area contributed by atoms with Crippen LogP contribution in [0.1, 0.15) is 32.1 Å². The number of methoxy groups -OCH3 is 2. The van der Waals surface area contributed by atoms with Crippen LogP contribution < -0.4 is 14.8 Å². The monoisotopic (exact) mass is 458 g/mol. The molecule has 9 heteroatoms. The molecule has 2 bridgehead atoms. The Hall–Kier alpha value is -2.94. The summed E-state index contributed by atoms with van der Waals surface area (Å²) in [6.07, 6.45) is 3.82. The Bertz CT molecular complexity index is 1000. The van der Waals surface area contributed by atoms with Crippen LogP contribution in [0.5, 0.6) is 11.5 Å². The first-order chi connectivity index (χ1) is 15.5. The number of ether oxygens (including phenoxy) is 3. The number of carbonyl (C=O) groups excluding carboxylic acids is 3. The van der Waals surface area contributed by atoms with E-state index in [1.54, 1.807) is 20.3 Å². The topological polar surface area (TPSA) is 104 Å². The number of thiazole rings is 1. The van der Waals surface area contributed by atoms with Crippen LogP contribution in [-0.2, 0) is 19.1 Å². The molecule has 1 aromatic carbocycles. The van der Waals surface area contributed by atoms with Crippen molar-refractivity contribution in [2.24, 2.45) is 17.8 Å². The Labute approximate surface area is 190 Å². The number of hydrogen-bond donors (Lipinski definition) is 1. The first-order valence-electron chi connectivity index (χ1n) is 10.7. The van der Waals surface area contributed by atoms with E-state index < -0.39 is 11.9 Å². The van der Waals surface area contributed by atoms with E-state index in [1.165, 1.54) is 11.3 Å². The molecule has 1 amide bonds. The third-order valence-corrected chi connectivity index (χ3v) is 6.92. The minimum Gasteiger partial charge on any atom is -0.497 e. The highest BCUT2D eigenvalue weighted by atomic mass is 32.1. The summed E-state index contributed by atoms with van der Waals surface area (Å²) in [7, 11) is 3.15. The molecule has 8 nitrogen and oxygen atoms in total. The van der Waals surface area contributed by atoms with Gasteiger partial charge in [0.25, 0.3) is 5.91 Å². The number of nitrogens with zero attached hydrogens (tertiary/aromatic N) is 1. The predicted molar refractivity (Wildman–Crippen MR) is 119 cm³/mol. The number of rotatable bonds is 7. The Kier molecular flexibility index (Phi) is 6.74. The van der Waals surface area contributed by atoms with Gasteiger partial charge < -0.3 is 14.2 Å². The standard InChI is InChI=1S/C23H26N2O6S/c1-29-16-6-7-17(19(10-16)30-2)18-12-32-23(24-18)25-20(26)11-31-22(28)15-8-13-4-3-5-14(9-15)21(13)27/h6-7,10,12-15H,3-5,8-9,11H2,1-2H3,(H,24,25,26). The van der Waals surface area contributed by atoms with Gasteiger partial charge in [-0.15, -0.1) is 11.3 Å². The van der Waals surface area contributed by atoms with Crippen LogP contribution in [0.2, 0.25) is 0 Å². The van der Waals surface area contributed by atoms with Gasteiger partial charge in [0.15, 0.2) is 11.7 Å². The number of aromatic nitrogens is 1. The summed E-state index contributed by atoms with van der Waals surface area (Å²) in [5.74, 6) is 0.366. The second kappa shape index (κ2) is 9.68. The van der Waals surface area contributed by atoms with Crippen molar-refractivity contribution in [3.05, 3.63) is 23.6 Å². The minimum absolute atomic E-state index is 0.0300. The maximum absolute atomic E-state index is 12.5. The molecule has 2 saturated carbocycles. The van der Waals surface area contributed by atoms with Crippen molar-refractivity contribution in [2.75, 3.05) is 26.1 Å². The Balaban J connectivity index is 1.31. The number of ketones is 1. The van der Waals surface area contributed by atoms with Gasteiger partial charge in [-0.1, -0.05) is 6.42 Å². The number of anilines is 1. The van der Waals surface area contributed by atoms with Crippen LogP contribution in [0.3, 0.4) is 0 Å². The second-order valence-electron chi connectivity index (χ2n) is 8.16. The molecule has 2 aliphatic carbocycles. The fourth-order valence-electron chi connectivity index (χ4n) is 4.55. The van der Waals surface area contributed by atoms with Gasteiger partial charge in [-0.2, -0.15) is 0 Å². The van der Waals surface area contributed by atoms with Crippen molar-refractivity contribution in [1.29, 1.82) is 0 Å². The summed E-state index contributed by atoms with van der Waals surface area (Å²) in [4.78, 5) is 41.4. The third-order valence-electron chi connectivity index (χ3n) is 6.16. The van der Waals surface area contributed by atoms with Gasteiger partial charge in [0, 0.05) is 28.8 Å². The van der Waals surface area contributed by atoms with Crippen molar-refractivity contribution in [3.63, 3.8) is 0 Å². The van der Waals surface area contributed by atoms with E-state index in [0.717, 1.165) is 24.8 Å². The Morgan fingerprint density at radius 2 is 1.91 bits per heavy atom. The average Bonchev–Trinajstić information content (AvgIpc) is 3.24. The van der Waals surface area contributed by atoms with Crippen LogP contribution >= 0.6 is 11.3 Å². The number of benzene rings is 1. The molecule has 0 aliphatic heterocycles. The molecular weight excluding hydrogens is 432 g/mol. The number of amides is 1. The van der Waals surface area contributed by atoms with Crippen LogP contribution in [0, 0.1) is 17.8 Å². The van der Waals surface area contributed by atoms with E-state index >= 15 is 0 Å². The van der Waals surface area contributed by atoms with E-state index in [4.69, 9.17) is 14.2 Å². The van der Waals surface area contributed by atoms with Crippen molar-refractivity contribution in [2.45, 2.75) is 32.1 Å². The first kappa shape index (κ1) is 22.3. The van der Waals surface area contributed by atoms with Gasteiger partial charge in [0.05, 0.1) is 25.8 Å². The molecule has 2 aromatic rings. The summed E-state index contributed by atoms with van der Waals surface area (Å²) >= 11 is 1.27. The summed E-state index contributed by atoms with van der Waals surface area (Å²) in [5, 5.41) is 4.88. The molecule has 0 saturated heterocycles. The first-order valence-corrected chi connectivity index (χ1v) is 11.5. The quantitative estimate of drug-likeness (QED) is 0.631. The highest BCUT2D eigenvalue weighted by Gasteiger charge is 2.41. The van der Waals surface area contributed by atoms with Gasteiger partial charge >= 0.3 is 5.97 Å². The number of carbonyl (C=O) groups is 3. The molecule has 1 N–H and O–H groups in total. The number of nitrogens with one attached hydrogen (secondary N) is 1. The van der Waals surface area contributed by atoms with Crippen LogP contribution in [0.4, 0.5) is 5.13 Å². The molecule has 4 rings (SSSR count). The van der Waals surface area contributed by atoms with Gasteiger partial charge in [-0.05, 0) is 37.8 Å². The van der Waals surface area contributed by atoms with E-state index in [1.807, 2.05) is 17.5 Å². The molecule has 2 aliphatic rings. The summed E-state index contributed by atoms with van der Waals surface area (Å²) in [6, 6.07) is 5.41. The van der Waals surface area contributed by atoms with Crippen LogP contribution in [0.25, 0.3) is 11.3 Å². The van der Waals surface area contributed by atoms with E-state index in [-0.39, 0.29) is 24.4 Å². The molecular formula is C23H26N2O6S. The lowest BCUT2D eigenvalue weighted by molar-refractivity contribution is -0.155. The van der Waals surface area contributed by atoms with Crippen LogP contribution in [-0.4, -0.2) is 43.5 Å². The Morgan fingerprint density at radius 1 is 1.16 bits per heavy atom. The normalized spacial score (nSPS) is 22.2. The van der Waals surface area contributed by atoms with Crippen molar-refractivity contribution in [1.82, 2.24) is 4.98 Å². The molecule has 2 atom stereocenters. The van der Waals surface area contributed by atoms with Crippen molar-refractivity contribution in [3.8, 4) is 22.8 Å². The van der Waals surface area contributed by atoms with E-state index in [0.29, 0.717) is 40.9 Å². The number of fused-ring (bicyclic) bond motifs is 2. The largest absolute Gasteiger partial charge is 0.497 e. The smallest absolute Gasteiger partial charge is 0.309 e. The second-order valence-corrected chi connectivity index (χ2v) is 9.01. The SMILES string of the molecule is COc1ccc(-c2csc(NC(=O)COC(=O)C3CC4CCCC(C3)C4=O)n2)c(OC)c1. The molecule has 32 heavy (non-hydrogen) atoms. The number of Topliss-reactive ketones (excluding diaryl/α,β-unsaturated/α-hetero) is 1. The van der Waals surface area contributed by atoms with E-state index in [2.05, 4.69) is 10.3 Å². The summed E-state index contributed by atoms with van der Waals surface area (Å²) < 4.78 is 15.9. The lowest BCUT2D eigenvalue weighted by Crippen LogP contribution is -2.40. The molecule has 0 radical (unpaired) electrons. The summed E-state index contributed by atoms with van der Waals surface area (Å²) in [5.41, 5.74) is 1.43. The summed E-state index contributed by atoms with van der Waals surface area (Å²) in [6.45, 7) is -0.376. The molecule has 0 spiro atoms. The molecule has 1 heterocycles. The average molecular weight is 459 g/mol. The zero-order chi connectivity index (χ0) is 22.7. The van der Waals surface area contributed by atoms with Crippen molar-refractivity contribution < 1.29 is 28.6 Å². The fraction of sp³-hybridized carbons (Fsp3) is 0.478. The third kappa shape index (κ3) is 4.77. The molecule has 2 fully saturated rings. The lowest BCUT2D eigenvalue weighted by Gasteiger charge is -2.36. The Morgan fingerprint density at radius 3 is 2.59 bits per heavy atom. The maximum Gasteiger partial charge on any atom is 0.309 e. The fourth-order valence-corrected chi connectivity index (χ4v) is 5.27. The molecule has 2 unspecified atom stereocenters. The molecule has 1 aromatic heterocycles.